The third-order valence-corrected chi connectivity index (χ3v) is 4.97. The fourth-order valence-corrected chi connectivity index (χ4v) is 3.22. The van der Waals surface area contributed by atoms with Gasteiger partial charge < -0.3 is 16.8 Å². The van der Waals surface area contributed by atoms with Crippen LogP contribution in [0.2, 0.25) is 0 Å². The predicted octanol–water partition coefficient (Wildman–Crippen LogP) is 3.05. The number of hydrogen-bond donors (Lipinski definition) is 3. The molecule has 0 unspecified atom stereocenters. The van der Waals surface area contributed by atoms with Crippen LogP contribution in [0.4, 0.5) is 0 Å². The molecule has 4 nitrogen and oxygen atoms in total. The largest absolute Gasteiger partial charge is 0.356 e. The molecule has 0 fully saturated rings. The number of carbonyl (C=O) groups excluding carboxylic acids is 1. The minimum Gasteiger partial charge on any atom is -0.356 e. The molecule has 5 N–H and O–H groups in total. The highest BCUT2D eigenvalue weighted by Crippen LogP contribution is 2.17. The first-order valence-electron chi connectivity index (χ1n) is 10.00. The van der Waals surface area contributed by atoms with E-state index >= 15 is 0 Å². The lowest BCUT2D eigenvalue weighted by Crippen LogP contribution is -2.34. The molecule has 0 aliphatic rings. The number of aryl methyl sites for hydroxylation is 2. The molecule has 0 aliphatic carbocycles. The summed E-state index contributed by atoms with van der Waals surface area (Å²) in [6.07, 6.45) is 5.29. The van der Waals surface area contributed by atoms with Gasteiger partial charge in [-0.25, -0.2) is 0 Å². The summed E-state index contributed by atoms with van der Waals surface area (Å²) in [4.78, 5) is 12.7. The third kappa shape index (κ3) is 8.37. The van der Waals surface area contributed by atoms with Crippen molar-refractivity contribution < 1.29 is 4.79 Å². The van der Waals surface area contributed by atoms with Crippen molar-refractivity contribution in [3.63, 3.8) is 0 Å². The second-order valence-corrected chi connectivity index (χ2v) is 7.17. The van der Waals surface area contributed by atoms with Crippen LogP contribution in [0.15, 0.2) is 60.7 Å². The zero-order valence-electron chi connectivity index (χ0n) is 16.1. The molecule has 0 aromatic heterocycles. The number of benzene rings is 2. The van der Waals surface area contributed by atoms with Crippen molar-refractivity contribution in [1.29, 1.82) is 0 Å². The Hall–Kier alpha value is -2.17. The number of nitrogens with one attached hydrogen (secondary N) is 1. The van der Waals surface area contributed by atoms with Crippen LogP contribution < -0.4 is 16.8 Å². The van der Waals surface area contributed by atoms with Crippen molar-refractivity contribution in [2.75, 3.05) is 13.1 Å². The Kier molecular flexibility index (Phi) is 9.60. The van der Waals surface area contributed by atoms with E-state index in [9.17, 15) is 4.79 Å². The Morgan fingerprint density at radius 3 is 1.85 bits per heavy atom. The Morgan fingerprint density at radius 2 is 1.37 bits per heavy atom. The molecule has 2 rings (SSSR count). The van der Waals surface area contributed by atoms with Gasteiger partial charge >= 0.3 is 0 Å². The van der Waals surface area contributed by atoms with Crippen molar-refractivity contribution in [1.82, 2.24) is 5.32 Å². The van der Waals surface area contributed by atoms with Gasteiger partial charge in [0.2, 0.25) is 5.91 Å². The van der Waals surface area contributed by atoms with E-state index in [0.29, 0.717) is 13.1 Å². The fraction of sp³-hybridized carbons (Fsp3) is 0.435. The summed E-state index contributed by atoms with van der Waals surface area (Å²) >= 11 is 0. The summed E-state index contributed by atoms with van der Waals surface area (Å²) in [7, 11) is 0. The molecule has 2 aromatic rings. The quantitative estimate of drug-likeness (QED) is 0.504. The number of nitrogens with two attached hydrogens (primary N) is 2. The Balaban J connectivity index is 1.86. The maximum Gasteiger partial charge on any atom is 0.223 e. The van der Waals surface area contributed by atoms with E-state index in [1.54, 1.807) is 0 Å². The molecule has 146 valence electrons. The Labute approximate surface area is 163 Å². The van der Waals surface area contributed by atoms with Gasteiger partial charge in [-0.1, -0.05) is 60.7 Å². The molecule has 0 spiro atoms. The molecule has 0 saturated heterocycles. The average Bonchev–Trinajstić information content (AvgIpc) is 2.72. The highest BCUT2D eigenvalue weighted by molar-refractivity contribution is 5.78. The molecule has 4 heteroatoms. The summed E-state index contributed by atoms with van der Waals surface area (Å²) in [5.74, 6) is 0.178. The Morgan fingerprint density at radius 1 is 0.852 bits per heavy atom. The smallest absolute Gasteiger partial charge is 0.223 e. The SMILES string of the molecule is NC[C@@H](N)CCCNC(=O)C(CCc1ccccc1)CCc1ccccc1. The van der Waals surface area contributed by atoms with Crippen LogP contribution in [0.25, 0.3) is 0 Å². The van der Waals surface area contributed by atoms with Crippen LogP contribution in [0.1, 0.15) is 36.8 Å². The van der Waals surface area contributed by atoms with Crippen LogP contribution in [0, 0.1) is 5.92 Å². The summed E-state index contributed by atoms with van der Waals surface area (Å²) in [6.45, 7) is 1.16. The molecule has 2 aromatic carbocycles. The first kappa shape index (κ1) is 21.1. The first-order chi connectivity index (χ1) is 13.2. The molecule has 0 heterocycles. The van der Waals surface area contributed by atoms with E-state index in [2.05, 4.69) is 53.8 Å². The molecule has 0 aliphatic heterocycles. The predicted molar refractivity (Wildman–Crippen MR) is 112 cm³/mol. The van der Waals surface area contributed by atoms with Gasteiger partial charge in [0.05, 0.1) is 0 Å². The zero-order chi connectivity index (χ0) is 19.3. The second kappa shape index (κ2) is 12.3. The van der Waals surface area contributed by atoms with Crippen molar-refractivity contribution in [3.8, 4) is 0 Å². The van der Waals surface area contributed by atoms with E-state index in [1.165, 1.54) is 11.1 Å². The van der Waals surface area contributed by atoms with E-state index in [0.717, 1.165) is 38.5 Å². The summed E-state index contributed by atoms with van der Waals surface area (Å²) in [5, 5.41) is 3.10. The van der Waals surface area contributed by atoms with Gasteiger partial charge in [0.25, 0.3) is 0 Å². The summed E-state index contributed by atoms with van der Waals surface area (Å²) in [5.41, 5.74) is 13.9. The number of hydrogen-bond acceptors (Lipinski definition) is 3. The van der Waals surface area contributed by atoms with E-state index in [1.807, 2.05) is 12.1 Å². The van der Waals surface area contributed by atoms with Gasteiger partial charge in [-0.3, -0.25) is 4.79 Å². The van der Waals surface area contributed by atoms with Gasteiger partial charge in [0.1, 0.15) is 0 Å². The molecule has 1 atom stereocenters. The topological polar surface area (TPSA) is 81.1 Å². The maximum atomic E-state index is 12.7. The number of carbonyl (C=O) groups is 1. The Bertz CT molecular complexity index is 602. The summed E-state index contributed by atoms with van der Waals surface area (Å²) < 4.78 is 0. The number of amides is 1. The molecule has 0 radical (unpaired) electrons. The van der Waals surface area contributed by atoms with Crippen LogP contribution in [-0.2, 0) is 17.6 Å². The van der Waals surface area contributed by atoms with Gasteiger partial charge in [-0.15, -0.1) is 0 Å². The van der Waals surface area contributed by atoms with E-state index in [-0.39, 0.29) is 17.9 Å². The van der Waals surface area contributed by atoms with Crippen molar-refractivity contribution in [2.24, 2.45) is 17.4 Å². The molecular weight excluding hydrogens is 334 g/mol. The lowest BCUT2D eigenvalue weighted by Gasteiger charge is -2.17. The fourth-order valence-electron chi connectivity index (χ4n) is 3.22. The first-order valence-corrected chi connectivity index (χ1v) is 10.00. The van der Waals surface area contributed by atoms with Crippen LogP contribution in [-0.4, -0.2) is 25.0 Å². The molecule has 27 heavy (non-hydrogen) atoms. The van der Waals surface area contributed by atoms with Crippen LogP contribution in [0.3, 0.4) is 0 Å². The highest BCUT2D eigenvalue weighted by atomic mass is 16.1. The third-order valence-electron chi connectivity index (χ3n) is 4.97. The standard InChI is InChI=1S/C23H33N3O/c24-18-22(25)12-7-17-26-23(27)21(15-13-19-8-3-1-4-9-19)16-14-20-10-5-2-6-11-20/h1-6,8-11,21-22H,7,12-18,24-25H2,(H,26,27)/t22-/m0/s1. The summed E-state index contributed by atoms with van der Waals surface area (Å²) in [6, 6.07) is 20.8. The van der Waals surface area contributed by atoms with Crippen molar-refractivity contribution in [3.05, 3.63) is 71.8 Å². The van der Waals surface area contributed by atoms with Gasteiger partial charge in [0.15, 0.2) is 0 Å². The van der Waals surface area contributed by atoms with E-state index < -0.39 is 0 Å². The zero-order valence-corrected chi connectivity index (χ0v) is 16.1. The minimum absolute atomic E-state index is 0.0218. The maximum absolute atomic E-state index is 12.7. The highest BCUT2D eigenvalue weighted by Gasteiger charge is 2.18. The lowest BCUT2D eigenvalue weighted by atomic mass is 9.92. The monoisotopic (exact) mass is 367 g/mol. The molecule has 0 bridgehead atoms. The number of rotatable bonds is 12. The second-order valence-electron chi connectivity index (χ2n) is 7.17. The van der Waals surface area contributed by atoms with Gasteiger partial charge in [-0.05, 0) is 49.7 Å². The van der Waals surface area contributed by atoms with Crippen LogP contribution >= 0.6 is 0 Å². The molecule has 0 saturated carbocycles. The normalized spacial score (nSPS) is 12.1. The average molecular weight is 368 g/mol. The van der Waals surface area contributed by atoms with E-state index in [4.69, 9.17) is 11.5 Å². The molecule has 1 amide bonds. The molecular formula is C23H33N3O. The van der Waals surface area contributed by atoms with Gasteiger partial charge in [-0.2, -0.15) is 0 Å². The van der Waals surface area contributed by atoms with Crippen LogP contribution in [0.5, 0.6) is 0 Å². The lowest BCUT2D eigenvalue weighted by molar-refractivity contribution is -0.125. The van der Waals surface area contributed by atoms with Crippen molar-refractivity contribution >= 4 is 5.91 Å². The van der Waals surface area contributed by atoms with Crippen molar-refractivity contribution in [2.45, 2.75) is 44.6 Å². The van der Waals surface area contributed by atoms with Gasteiger partial charge in [0, 0.05) is 25.0 Å². The minimum atomic E-state index is 0.0218.